The van der Waals surface area contributed by atoms with Crippen LogP contribution in [0.5, 0.6) is 0 Å². The first kappa shape index (κ1) is 19.2. The largest absolute Gasteiger partial charge is 0.444 e. The van der Waals surface area contributed by atoms with Gasteiger partial charge < -0.3 is 19.7 Å². The van der Waals surface area contributed by atoms with Gasteiger partial charge in [-0.05, 0) is 59.8 Å². The minimum absolute atomic E-state index is 0.211. The second kappa shape index (κ2) is 8.73. The molecule has 130 valence electrons. The van der Waals surface area contributed by atoms with Gasteiger partial charge in [0, 0.05) is 38.9 Å². The number of hydrogen-bond acceptors (Lipinski definition) is 4. The van der Waals surface area contributed by atoms with E-state index in [1.54, 1.807) is 12.0 Å². The van der Waals surface area contributed by atoms with Crippen LogP contribution in [0.3, 0.4) is 0 Å². The molecule has 0 aromatic heterocycles. The van der Waals surface area contributed by atoms with Crippen LogP contribution < -0.4 is 5.32 Å². The van der Waals surface area contributed by atoms with Gasteiger partial charge in [-0.3, -0.25) is 0 Å². The van der Waals surface area contributed by atoms with Crippen LogP contribution >= 0.6 is 0 Å². The number of carbonyl (C=O) groups excluding carboxylic acids is 1. The van der Waals surface area contributed by atoms with Crippen molar-refractivity contribution in [3.63, 3.8) is 0 Å². The first-order chi connectivity index (χ1) is 10.2. The fourth-order valence-corrected chi connectivity index (χ4v) is 2.89. The standard InChI is InChI=1S/C17H34N2O3/c1-13(11-12-21-6)18-14-7-9-15(10-8-14)19(5)16(20)22-17(2,3)4/h13-15,18H,7-12H2,1-6H3. The molecule has 0 aromatic carbocycles. The molecule has 22 heavy (non-hydrogen) atoms. The quantitative estimate of drug-likeness (QED) is 0.818. The molecule has 0 aromatic rings. The number of rotatable bonds is 6. The zero-order valence-corrected chi connectivity index (χ0v) is 15.1. The zero-order valence-electron chi connectivity index (χ0n) is 15.1. The van der Waals surface area contributed by atoms with E-state index in [1.807, 2.05) is 27.8 Å². The second-order valence-electron chi connectivity index (χ2n) is 7.45. The predicted octanol–water partition coefficient (Wildman–Crippen LogP) is 3.18. The Morgan fingerprint density at radius 3 is 2.36 bits per heavy atom. The van der Waals surface area contributed by atoms with Crippen molar-refractivity contribution in [2.45, 2.75) is 83.5 Å². The van der Waals surface area contributed by atoms with Crippen molar-refractivity contribution in [1.82, 2.24) is 10.2 Å². The van der Waals surface area contributed by atoms with Crippen molar-refractivity contribution >= 4 is 6.09 Å². The third-order valence-electron chi connectivity index (χ3n) is 4.20. The third kappa shape index (κ3) is 6.97. The molecule has 1 amide bonds. The van der Waals surface area contributed by atoms with E-state index in [-0.39, 0.29) is 6.09 Å². The Hall–Kier alpha value is -0.810. The highest BCUT2D eigenvalue weighted by Crippen LogP contribution is 2.24. The molecule has 5 nitrogen and oxygen atoms in total. The molecule has 1 atom stereocenters. The minimum Gasteiger partial charge on any atom is -0.444 e. The maximum Gasteiger partial charge on any atom is 0.410 e. The Balaban J connectivity index is 2.33. The molecule has 0 bridgehead atoms. The normalized spacial score (nSPS) is 23.9. The maximum atomic E-state index is 12.1. The molecular weight excluding hydrogens is 280 g/mol. The first-order valence-corrected chi connectivity index (χ1v) is 8.43. The van der Waals surface area contributed by atoms with Crippen molar-refractivity contribution < 1.29 is 14.3 Å². The summed E-state index contributed by atoms with van der Waals surface area (Å²) in [4.78, 5) is 13.9. The van der Waals surface area contributed by atoms with Gasteiger partial charge in [0.15, 0.2) is 0 Å². The van der Waals surface area contributed by atoms with Crippen LogP contribution in [0.15, 0.2) is 0 Å². The van der Waals surface area contributed by atoms with E-state index < -0.39 is 5.60 Å². The topological polar surface area (TPSA) is 50.8 Å². The van der Waals surface area contributed by atoms with Crippen molar-refractivity contribution in [2.24, 2.45) is 0 Å². The van der Waals surface area contributed by atoms with Crippen LogP contribution in [0.1, 0.15) is 59.8 Å². The summed E-state index contributed by atoms with van der Waals surface area (Å²) in [5, 5.41) is 3.67. The van der Waals surface area contributed by atoms with Crippen LogP contribution in [0.2, 0.25) is 0 Å². The van der Waals surface area contributed by atoms with E-state index in [2.05, 4.69) is 12.2 Å². The van der Waals surface area contributed by atoms with Gasteiger partial charge in [0.1, 0.15) is 5.60 Å². The second-order valence-corrected chi connectivity index (χ2v) is 7.45. The summed E-state index contributed by atoms with van der Waals surface area (Å²) < 4.78 is 10.6. The van der Waals surface area contributed by atoms with Gasteiger partial charge in [-0.1, -0.05) is 0 Å². The fraction of sp³-hybridized carbons (Fsp3) is 0.941. The SMILES string of the molecule is COCCC(C)NC1CCC(N(C)C(=O)OC(C)(C)C)CC1. The molecule has 1 rings (SSSR count). The van der Waals surface area contributed by atoms with Gasteiger partial charge >= 0.3 is 6.09 Å². The lowest BCUT2D eigenvalue weighted by Crippen LogP contribution is -2.46. The molecule has 0 heterocycles. The van der Waals surface area contributed by atoms with Gasteiger partial charge in [-0.25, -0.2) is 4.79 Å². The average Bonchev–Trinajstić information content (AvgIpc) is 2.43. The zero-order chi connectivity index (χ0) is 16.8. The molecule has 1 aliphatic rings. The van der Waals surface area contributed by atoms with Crippen LogP contribution in [-0.2, 0) is 9.47 Å². The molecular formula is C17H34N2O3. The van der Waals surface area contributed by atoms with E-state index in [0.29, 0.717) is 18.1 Å². The number of methoxy groups -OCH3 is 1. The van der Waals surface area contributed by atoms with Crippen molar-refractivity contribution in [2.75, 3.05) is 20.8 Å². The van der Waals surface area contributed by atoms with Crippen LogP contribution in [-0.4, -0.2) is 55.5 Å². The van der Waals surface area contributed by atoms with E-state index in [0.717, 1.165) is 38.7 Å². The Morgan fingerprint density at radius 1 is 1.27 bits per heavy atom. The lowest BCUT2D eigenvalue weighted by molar-refractivity contribution is 0.0177. The summed E-state index contributed by atoms with van der Waals surface area (Å²) in [5.74, 6) is 0. The molecule has 0 aliphatic heterocycles. The fourth-order valence-electron chi connectivity index (χ4n) is 2.89. The lowest BCUT2D eigenvalue weighted by atomic mass is 9.90. The summed E-state index contributed by atoms with van der Waals surface area (Å²) in [6.07, 6.45) is 5.10. The van der Waals surface area contributed by atoms with Gasteiger partial charge in [0.2, 0.25) is 0 Å². The molecule has 1 fully saturated rings. The summed E-state index contributed by atoms with van der Waals surface area (Å²) >= 11 is 0. The van der Waals surface area contributed by atoms with Gasteiger partial charge in [-0.15, -0.1) is 0 Å². The molecule has 1 saturated carbocycles. The van der Waals surface area contributed by atoms with E-state index in [1.165, 1.54) is 0 Å². The van der Waals surface area contributed by atoms with E-state index >= 15 is 0 Å². The van der Waals surface area contributed by atoms with Crippen LogP contribution in [0.25, 0.3) is 0 Å². The van der Waals surface area contributed by atoms with Gasteiger partial charge in [-0.2, -0.15) is 0 Å². The highest BCUT2D eigenvalue weighted by atomic mass is 16.6. The number of amides is 1. The smallest absolute Gasteiger partial charge is 0.410 e. The molecule has 0 radical (unpaired) electrons. The Kier molecular flexibility index (Phi) is 7.63. The Bertz CT molecular complexity index is 333. The number of hydrogen-bond donors (Lipinski definition) is 1. The van der Waals surface area contributed by atoms with Gasteiger partial charge in [0.05, 0.1) is 0 Å². The summed E-state index contributed by atoms with van der Waals surface area (Å²) in [6.45, 7) is 8.71. The minimum atomic E-state index is -0.430. The van der Waals surface area contributed by atoms with Crippen molar-refractivity contribution in [1.29, 1.82) is 0 Å². The average molecular weight is 314 g/mol. The third-order valence-corrected chi connectivity index (χ3v) is 4.20. The summed E-state index contributed by atoms with van der Waals surface area (Å²) in [7, 11) is 3.60. The molecule has 5 heteroatoms. The number of carbonyl (C=O) groups is 1. The number of nitrogens with zero attached hydrogens (tertiary/aromatic N) is 1. The van der Waals surface area contributed by atoms with Crippen molar-refractivity contribution in [3.05, 3.63) is 0 Å². The summed E-state index contributed by atoms with van der Waals surface area (Å²) in [5.41, 5.74) is -0.430. The molecule has 1 unspecified atom stereocenters. The molecule has 1 N–H and O–H groups in total. The molecule has 0 saturated heterocycles. The van der Waals surface area contributed by atoms with Gasteiger partial charge in [0.25, 0.3) is 0 Å². The monoisotopic (exact) mass is 314 g/mol. The lowest BCUT2D eigenvalue weighted by Gasteiger charge is -2.36. The number of ether oxygens (including phenoxy) is 2. The van der Waals surface area contributed by atoms with Crippen molar-refractivity contribution in [3.8, 4) is 0 Å². The summed E-state index contributed by atoms with van der Waals surface area (Å²) in [6, 6.07) is 1.32. The molecule has 1 aliphatic carbocycles. The predicted molar refractivity (Wildman–Crippen MR) is 89.1 cm³/mol. The molecule has 0 spiro atoms. The number of nitrogens with one attached hydrogen (secondary N) is 1. The van der Waals surface area contributed by atoms with Crippen LogP contribution in [0.4, 0.5) is 4.79 Å². The highest BCUT2D eigenvalue weighted by molar-refractivity contribution is 5.68. The first-order valence-electron chi connectivity index (χ1n) is 8.43. The van der Waals surface area contributed by atoms with E-state index in [4.69, 9.17) is 9.47 Å². The maximum absolute atomic E-state index is 12.1. The Labute approximate surface area is 135 Å². The van der Waals surface area contributed by atoms with E-state index in [9.17, 15) is 4.79 Å². The Morgan fingerprint density at radius 2 is 1.86 bits per heavy atom. The van der Waals surface area contributed by atoms with Crippen LogP contribution in [0, 0.1) is 0 Å². The highest BCUT2D eigenvalue weighted by Gasteiger charge is 2.29.